The molecule has 0 radical (unpaired) electrons. The van der Waals surface area contributed by atoms with Gasteiger partial charge in [0.1, 0.15) is 0 Å². The van der Waals surface area contributed by atoms with E-state index in [0.29, 0.717) is 28.0 Å². The van der Waals surface area contributed by atoms with Crippen molar-refractivity contribution in [2.75, 3.05) is 0 Å². The fourth-order valence-corrected chi connectivity index (χ4v) is 3.41. The normalized spacial score (nSPS) is 10.8. The molecular weight excluding hydrogens is 402 g/mol. The molecule has 0 fully saturated rings. The van der Waals surface area contributed by atoms with Gasteiger partial charge in [-0.2, -0.15) is 0 Å². The maximum absolute atomic E-state index is 12.6. The summed E-state index contributed by atoms with van der Waals surface area (Å²) in [4.78, 5) is 40.1. The van der Waals surface area contributed by atoms with E-state index in [-0.39, 0.29) is 18.0 Å². The molecule has 1 heterocycles. The lowest BCUT2D eigenvalue weighted by Gasteiger charge is -2.09. The van der Waals surface area contributed by atoms with Gasteiger partial charge in [0, 0.05) is 17.1 Å². The molecule has 3 aromatic carbocycles. The first kappa shape index (κ1) is 19.7. The van der Waals surface area contributed by atoms with E-state index in [9.17, 15) is 14.4 Å². The lowest BCUT2D eigenvalue weighted by molar-refractivity contribution is 0.0951. The zero-order valence-corrected chi connectivity index (χ0v) is 16.6. The monoisotopic (exact) mass is 419 g/mol. The van der Waals surface area contributed by atoms with Crippen molar-refractivity contribution >= 4 is 28.4 Å². The van der Waals surface area contributed by atoms with Gasteiger partial charge in [0.2, 0.25) is 0 Å². The number of rotatable bonds is 5. The Bertz CT molecular complexity index is 1340. The second-order valence-corrected chi connectivity index (χ2v) is 7.25. The number of fused-ring (bicyclic) bond motifs is 1. The van der Waals surface area contributed by atoms with Crippen LogP contribution in [0.5, 0.6) is 0 Å². The molecule has 2 N–H and O–H groups in total. The molecule has 6 nitrogen and oxygen atoms in total. The number of amides is 1. The number of para-hydroxylation sites is 1. The lowest BCUT2D eigenvalue weighted by Crippen LogP contribution is -2.35. The van der Waals surface area contributed by atoms with Crippen molar-refractivity contribution in [3.8, 4) is 0 Å². The van der Waals surface area contributed by atoms with Crippen molar-refractivity contribution in [3.05, 3.63) is 115 Å². The average molecular weight is 420 g/mol. The van der Waals surface area contributed by atoms with Crippen LogP contribution < -0.4 is 16.6 Å². The highest BCUT2D eigenvalue weighted by atomic mass is 35.5. The molecule has 0 aliphatic rings. The number of H-pyrrole nitrogens is 1. The summed E-state index contributed by atoms with van der Waals surface area (Å²) < 4.78 is 1.15. The van der Waals surface area contributed by atoms with Crippen molar-refractivity contribution in [2.45, 2.75) is 13.1 Å². The van der Waals surface area contributed by atoms with Crippen LogP contribution in [0.4, 0.5) is 0 Å². The van der Waals surface area contributed by atoms with E-state index < -0.39 is 5.69 Å². The number of hydrogen-bond donors (Lipinski definition) is 2. The average Bonchev–Trinajstić information content (AvgIpc) is 2.76. The molecule has 0 saturated heterocycles. The van der Waals surface area contributed by atoms with Gasteiger partial charge in [-0.25, -0.2) is 4.79 Å². The number of aromatic nitrogens is 2. The fourth-order valence-electron chi connectivity index (χ4n) is 3.21. The van der Waals surface area contributed by atoms with Crippen LogP contribution in [0.2, 0.25) is 5.02 Å². The summed E-state index contributed by atoms with van der Waals surface area (Å²) >= 11 is 6.11. The van der Waals surface area contributed by atoms with Gasteiger partial charge in [0.15, 0.2) is 0 Å². The predicted molar refractivity (Wildman–Crippen MR) is 117 cm³/mol. The minimum absolute atomic E-state index is 0.112. The van der Waals surface area contributed by atoms with Crippen molar-refractivity contribution in [2.24, 2.45) is 0 Å². The Kier molecular flexibility index (Phi) is 5.50. The fraction of sp³-hybridized carbons (Fsp3) is 0.0870. The first-order chi connectivity index (χ1) is 14.5. The Balaban J connectivity index is 1.50. The van der Waals surface area contributed by atoms with Crippen LogP contribution in [0, 0.1) is 0 Å². The molecule has 0 unspecified atom stereocenters. The van der Waals surface area contributed by atoms with Crippen LogP contribution in [0.25, 0.3) is 10.9 Å². The van der Waals surface area contributed by atoms with Crippen LogP contribution in [0.1, 0.15) is 21.5 Å². The molecule has 0 bridgehead atoms. The van der Waals surface area contributed by atoms with Crippen LogP contribution in [-0.2, 0) is 13.1 Å². The summed E-state index contributed by atoms with van der Waals surface area (Å²) in [5.74, 6) is -0.234. The second kappa shape index (κ2) is 8.39. The topological polar surface area (TPSA) is 84.0 Å². The number of carbonyl (C=O) groups is 1. The number of nitrogens with zero attached hydrogens (tertiary/aromatic N) is 1. The van der Waals surface area contributed by atoms with Crippen molar-refractivity contribution < 1.29 is 4.79 Å². The summed E-state index contributed by atoms with van der Waals surface area (Å²) in [5, 5.41) is 3.88. The van der Waals surface area contributed by atoms with Gasteiger partial charge < -0.3 is 10.3 Å². The Morgan fingerprint density at radius 3 is 2.40 bits per heavy atom. The molecule has 0 aliphatic carbocycles. The van der Waals surface area contributed by atoms with E-state index in [4.69, 9.17) is 11.6 Å². The highest BCUT2D eigenvalue weighted by molar-refractivity contribution is 6.31. The molecule has 1 amide bonds. The third-order valence-electron chi connectivity index (χ3n) is 4.84. The molecule has 4 aromatic rings. The maximum atomic E-state index is 12.6. The summed E-state index contributed by atoms with van der Waals surface area (Å²) in [6, 6.07) is 21.0. The summed E-state index contributed by atoms with van der Waals surface area (Å²) in [7, 11) is 0. The Morgan fingerprint density at radius 1 is 0.933 bits per heavy atom. The molecule has 0 spiro atoms. The predicted octanol–water partition coefficient (Wildman–Crippen LogP) is 3.32. The molecule has 7 heteroatoms. The zero-order valence-electron chi connectivity index (χ0n) is 15.9. The number of nitrogens with one attached hydrogen (secondary N) is 2. The van der Waals surface area contributed by atoms with E-state index in [1.165, 1.54) is 0 Å². The summed E-state index contributed by atoms with van der Waals surface area (Å²) in [6.07, 6.45) is 0. The number of benzene rings is 3. The Labute approximate surface area is 176 Å². The highest BCUT2D eigenvalue weighted by Crippen LogP contribution is 2.14. The Hall–Kier alpha value is -3.64. The zero-order chi connectivity index (χ0) is 21.1. The van der Waals surface area contributed by atoms with Crippen molar-refractivity contribution in [3.63, 3.8) is 0 Å². The van der Waals surface area contributed by atoms with Gasteiger partial charge in [-0.15, -0.1) is 0 Å². The van der Waals surface area contributed by atoms with Crippen LogP contribution in [-0.4, -0.2) is 15.5 Å². The molecule has 4 rings (SSSR count). The number of aromatic amines is 1. The number of halogens is 1. The van der Waals surface area contributed by atoms with E-state index in [1.54, 1.807) is 54.6 Å². The SMILES string of the molecule is O=C(NCc1ccccc1Cl)c1ccc(Cn2c(=O)[nH]c3ccccc3c2=O)cc1. The van der Waals surface area contributed by atoms with Gasteiger partial charge in [0.05, 0.1) is 17.4 Å². The van der Waals surface area contributed by atoms with Gasteiger partial charge in [-0.3, -0.25) is 14.2 Å². The van der Waals surface area contributed by atoms with E-state index in [1.807, 2.05) is 18.2 Å². The van der Waals surface area contributed by atoms with E-state index in [0.717, 1.165) is 15.7 Å². The van der Waals surface area contributed by atoms with E-state index >= 15 is 0 Å². The largest absolute Gasteiger partial charge is 0.348 e. The molecule has 0 atom stereocenters. The molecule has 1 aromatic heterocycles. The first-order valence-corrected chi connectivity index (χ1v) is 9.73. The maximum Gasteiger partial charge on any atom is 0.329 e. The first-order valence-electron chi connectivity index (χ1n) is 9.35. The van der Waals surface area contributed by atoms with E-state index in [2.05, 4.69) is 10.3 Å². The molecular formula is C23H18ClN3O3. The van der Waals surface area contributed by atoms with Gasteiger partial charge in [-0.05, 0) is 41.5 Å². The summed E-state index contributed by atoms with van der Waals surface area (Å²) in [6.45, 7) is 0.433. The molecule has 0 saturated carbocycles. The molecule has 0 aliphatic heterocycles. The number of hydrogen-bond acceptors (Lipinski definition) is 3. The molecule has 30 heavy (non-hydrogen) atoms. The van der Waals surface area contributed by atoms with Gasteiger partial charge in [0.25, 0.3) is 11.5 Å². The quantitative estimate of drug-likeness (QED) is 0.520. The third kappa shape index (κ3) is 4.04. The van der Waals surface area contributed by atoms with Crippen LogP contribution in [0.3, 0.4) is 0 Å². The van der Waals surface area contributed by atoms with Crippen LogP contribution >= 0.6 is 11.6 Å². The van der Waals surface area contributed by atoms with Gasteiger partial charge >= 0.3 is 5.69 Å². The smallest absolute Gasteiger partial charge is 0.329 e. The number of carbonyl (C=O) groups excluding carboxylic acids is 1. The lowest BCUT2D eigenvalue weighted by atomic mass is 10.1. The second-order valence-electron chi connectivity index (χ2n) is 6.84. The minimum Gasteiger partial charge on any atom is -0.348 e. The minimum atomic E-state index is -0.472. The summed E-state index contributed by atoms with van der Waals surface area (Å²) in [5.41, 5.74) is 1.73. The van der Waals surface area contributed by atoms with Crippen molar-refractivity contribution in [1.82, 2.24) is 14.9 Å². The van der Waals surface area contributed by atoms with Gasteiger partial charge in [-0.1, -0.05) is 54.1 Å². The standard InChI is InChI=1S/C23H18ClN3O3/c24-19-7-3-1-5-17(19)13-25-21(28)16-11-9-15(10-12-16)14-27-22(29)18-6-2-4-8-20(18)26-23(27)30/h1-12H,13-14H2,(H,25,28)(H,26,30). The van der Waals surface area contributed by atoms with Crippen LogP contribution in [0.15, 0.2) is 82.4 Å². The Morgan fingerprint density at radius 2 is 1.63 bits per heavy atom. The highest BCUT2D eigenvalue weighted by Gasteiger charge is 2.10. The molecule has 150 valence electrons. The van der Waals surface area contributed by atoms with Crippen molar-refractivity contribution in [1.29, 1.82) is 0 Å². The third-order valence-corrected chi connectivity index (χ3v) is 5.21.